The van der Waals surface area contributed by atoms with Crippen molar-refractivity contribution in [2.24, 2.45) is 0 Å². The summed E-state index contributed by atoms with van der Waals surface area (Å²) in [5, 5.41) is 3.54. The second-order valence-electron chi connectivity index (χ2n) is 4.59. The molecule has 82 valence electrons. The molecule has 0 aliphatic carbocycles. The summed E-state index contributed by atoms with van der Waals surface area (Å²) in [6.45, 7) is 5.65. The van der Waals surface area contributed by atoms with E-state index in [0.29, 0.717) is 5.54 Å². The monoisotopic (exact) mass is 198 g/mol. The molecule has 1 spiro atoms. The summed E-state index contributed by atoms with van der Waals surface area (Å²) in [6.07, 6.45) is 5.46. The Morgan fingerprint density at radius 1 is 1.36 bits per heavy atom. The van der Waals surface area contributed by atoms with Gasteiger partial charge >= 0.3 is 0 Å². The molecule has 0 amide bonds. The summed E-state index contributed by atoms with van der Waals surface area (Å²) in [4.78, 5) is 2.64. The average molecular weight is 198 g/mol. The van der Waals surface area contributed by atoms with E-state index in [1.165, 1.54) is 45.3 Å². The van der Waals surface area contributed by atoms with Crippen LogP contribution in [-0.4, -0.2) is 50.3 Å². The van der Waals surface area contributed by atoms with E-state index < -0.39 is 0 Å². The van der Waals surface area contributed by atoms with Gasteiger partial charge in [0, 0.05) is 25.7 Å². The van der Waals surface area contributed by atoms with Crippen LogP contribution >= 0.6 is 0 Å². The molecule has 14 heavy (non-hydrogen) atoms. The molecular formula is C11H22N2O. The van der Waals surface area contributed by atoms with E-state index in [1.807, 2.05) is 0 Å². The van der Waals surface area contributed by atoms with Crippen LogP contribution in [-0.2, 0) is 4.74 Å². The highest BCUT2D eigenvalue weighted by atomic mass is 16.5. The predicted octanol–water partition coefficient (Wildman–Crippen LogP) is 0.851. The van der Waals surface area contributed by atoms with Gasteiger partial charge in [-0.15, -0.1) is 0 Å². The molecule has 0 saturated carbocycles. The van der Waals surface area contributed by atoms with Crippen LogP contribution in [0.25, 0.3) is 0 Å². The third-order valence-corrected chi connectivity index (χ3v) is 3.76. The lowest BCUT2D eigenvalue weighted by atomic mass is 9.87. The Balaban J connectivity index is 1.93. The first-order chi connectivity index (χ1) is 6.87. The zero-order valence-electron chi connectivity index (χ0n) is 9.22. The van der Waals surface area contributed by atoms with Gasteiger partial charge in [0.05, 0.1) is 6.61 Å². The van der Waals surface area contributed by atoms with Crippen molar-refractivity contribution in [2.45, 2.75) is 31.2 Å². The average Bonchev–Trinajstić information content (AvgIpc) is 2.59. The highest BCUT2D eigenvalue weighted by Crippen LogP contribution is 2.34. The molecular weight excluding hydrogens is 176 g/mol. The number of likely N-dealkylation sites (tertiary alicyclic amines) is 1. The predicted molar refractivity (Wildman–Crippen MR) is 57.5 cm³/mol. The van der Waals surface area contributed by atoms with E-state index in [9.17, 15) is 0 Å². The van der Waals surface area contributed by atoms with Crippen molar-refractivity contribution in [3.05, 3.63) is 0 Å². The number of nitrogens with zero attached hydrogens (tertiary/aromatic N) is 1. The lowest BCUT2D eigenvalue weighted by Crippen LogP contribution is -2.54. The molecule has 2 rings (SSSR count). The van der Waals surface area contributed by atoms with Crippen LogP contribution in [0.4, 0.5) is 0 Å². The fraction of sp³-hybridized carbons (Fsp3) is 1.00. The van der Waals surface area contributed by atoms with Crippen molar-refractivity contribution in [3.63, 3.8) is 0 Å². The van der Waals surface area contributed by atoms with E-state index >= 15 is 0 Å². The third-order valence-electron chi connectivity index (χ3n) is 3.76. The maximum absolute atomic E-state index is 5.18. The Morgan fingerprint density at radius 3 is 2.93 bits per heavy atom. The first-order valence-electron chi connectivity index (χ1n) is 5.82. The van der Waals surface area contributed by atoms with Crippen LogP contribution in [0.2, 0.25) is 0 Å². The molecule has 0 aromatic heterocycles. The molecule has 1 atom stereocenters. The fourth-order valence-electron chi connectivity index (χ4n) is 2.98. The number of hydrogen-bond donors (Lipinski definition) is 1. The Labute approximate surface area is 86.8 Å². The first-order valence-corrected chi connectivity index (χ1v) is 5.82. The van der Waals surface area contributed by atoms with Crippen LogP contribution < -0.4 is 5.32 Å². The van der Waals surface area contributed by atoms with E-state index in [0.717, 1.165) is 13.2 Å². The smallest absolute Gasteiger partial charge is 0.0589 e. The van der Waals surface area contributed by atoms with Gasteiger partial charge in [-0.25, -0.2) is 0 Å². The zero-order chi connectivity index (χ0) is 9.86. The summed E-state index contributed by atoms with van der Waals surface area (Å²) in [7, 11) is 1.79. The molecule has 2 fully saturated rings. The molecule has 2 aliphatic rings. The molecule has 2 heterocycles. The number of methoxy groups -OCH3 is 1. The molecule has 2 saturated heterocycles. The van der Waals surface area contributed by atoms with Crippen molar-refractivity contribution in [3.8, 4) is 0 Å². The third kappa shape index (κ3) is 1.95. The van der Waals surface area contributed by atoms with E-state index in [1.54, 1.807) is 7.11 Å². The summed E-state index contributed by atoms with van der Waals surface area (Å²) in [6, 6.07) is 0. The molecule has 0 aromatic carbocycles. The maximum atomic E-state index is 5.18. The normalized spacial score (nSPS) is 34.1. The zero-order valence-corrected chi connectivity index (χ0v) is 9.22. The van der Waals surface area contributed by atoms with Gasteiger partial charge in [-0.1, -0.05) is 0 Å². The quantitative estimate of drug-likeness (QED) is 0.727. The van der Waals surface area contributed by atoms with E-state index in [-0.39, 0.29) is 0 Å². The molecule has 0 radical (unpaired) electrons. The molecule has 1 N–H and O–H groups in total. The van der Waals surface area contributed by atoms with Crippen LogP contribution in [0.15, 0.2) is 0 Å². The first kappa shape index (κ1) is 10.4. The van der Waals surface area contributed by atoms with Crippen LogP contribution in [0.1, 0.15) is 25.7 Å². The Kier molecular flexibility index (Phi) is 3.42. The van der Waals surface area contributed by atoms with Gasteiger partial charge in [-0.3, -0.25) is 4.90 Å². The number of hydrogen-bond acceptors (Lipinski definition) is 3. The molecule has 3 heteroatoms. The van der Waals surface area contributed by atoms with Crippen molar-refractivity contribution in [1.82, 2.24) is 10.2 Å². The lowest BCUT2D eigenvalue weighted by molar-refractivity contribution is 0.0714. The van der Waals surface area contributed by atoms with Gasteiger partial charge in [-0.05, 0) is 38.8 Å². The molecule has 0 unspecified atom stereocenters. The van der Waals surface area contributed by atoms with Gasteiger partial charge in [0.25, 0.3) is 0 Å². The van der Waals surface area contributed by atoms with E-state index in [2.05, 4.69) is 10.2 Å². The number of rotatable bonds is 3. The fourth-order valence-corrected chi connectivity index (χ4v) is 2.98. The molecule has 2 aliphatic heterocycles. The van der Waals surface area contributed by atoms with Crippen LogP contribution in [0, 0.1) is 0 Å². The second kappa shape index (κ2) is 4.60. The van der Waals surface area contributed by atoms with Crippen molar-refractivity contribution in [2.75, 3.05) is 39.9 Å². The van der Waals surface area contributed by atoms with Gasteiger partial charge < -0.3 is 10.1 Å². The minimum Gasteiger partial charge on any atom is -0.383 e. The summed E-state index contributed by atoms with van der Waals surface area (Å²) < 4.78 is 5.18. The summed E-state index contributed by atoms with van der Waals surface area (Å²) in [5.74, 6) is 0. The summed E-state index contributed by atoms with van der Waals surface area (Å²) in [5.41, 5.74) is 0.483. The topological polar surface area (TPSA) is 24.5 Å². The second-order valence-corrected chi connectivity index (χ2v) is 4.59. The Bertz CT molecular complexity index is 178. The van der Waals surface area contributed by atoms with Gasteiger partial charge in [0.1, 0.15) is 0 Å². The van der Waals surface area contributed by atoms with Gasteiger partial charge in [0.15, 0.2) is 0 Å². The molecule has 3 nitrogen and oxygen atoms in total. The number of piperidine rings is 1. The van der Waals surface area contributed by atoms with Crippen LogP contribution in [0.3, 0.4) is 0 Å². The minimum atomic E-state index is 0.483. The minimum absolute atomic E-state index is 0.483. The standard InChI is InChI=1S/C11H22N2O/c1-14-9-8-13-7-3-5-11(13)4-2-6-12-10-11/h12H,2-10H2,1H3/t11-/m0/s1. The lowest BCUT2D eigenvalue weighted by Gasteiger charge is -2.41. The number of ether oxygens (including phenoxy) is 1. The van der Waals surface area contributed by atoms with Crippen molar-refractivity contribution < 1.29 is 4.74 Å². The van der Waals surface area contributed by atoms with Gasteiger partial charge in [-0.2, -0.15) is 0 Å². The highest BCUT2D eigenvalue weighted by Gasteiger charge is 2.40. The van der Waals surface area contributed by atoms with Crippen LogP contribution in [0.5, 0.6) is 0 Å². The molecule has 0 bridgehead atoms. The Hall–Kier alpha value is -0.120. The number of nitrogens with one attached hydrogen (secondary N) is 1. The largest absolute Gasteiger partial charge is 0.383 e. The van der Waals surface area contributed by atoms with Gasteiger partial charge in [0.2, 0.25) is 0 Å². The van der Waals surface area contributed by atoms with E-state index in [4.69, 9.17) is 4.74 Å². The summed E-state index contributed by atoms with van der Waals surface area (Å²) >= 11 is 0. The highest BCUT2D eigenvalue weighted by molar-refractivity contribution is 4.99. The molecule has 0 aromatic rings. The Morgan fingerprint density at radius 2 is 2.21 bits per heavy atom. The SMILES string of the molecule is COCCN1CCC[C@]12CCCNC2. The maximum Gasteiger partial charge on any atom is 0.0589 e. The van der Waals surface area contributed by atoms with Crippen molar-refractivity contribution >= 4 is 0 Å². The van der Waals surface area contributed by atoms with Crippen molar-refractivity contribution in [1.29, 1.82) is 0 Å².